The Bertz CT molecular complexity index is 1800. The third-order valence-corrected chi connectivity index (χ3v) is 11.4. The molecule has 2 aliphatic rings. The average molecular weight is 804 g/mol. The van der Waals surface area contributed by atoms with Gasteiger partial charge < -0.3 is 33.6 Å². The molecule has 0 amide bonds. The second kappa shape index (κ2) is 21.1. The first-order valence-corrected chi connectivity index (χ1v) is 21.4. The lowest BCUT2D eigenvalue weighted by Gasteiger charge is -2.32. The van der Waals surface area contributed by atoms with Crippen LogP contribution < -0.4 is 28.7 Å². The molecule has 0 aromatic heterocycles. The van der Waals surface area contributed by atoms with Crippen molar-refractivity contribution in [2.24, 2.45) is 0 Å². The van der Waals surface area contributed by atoms with Crippen LogP contribution in [0.25, 0.3) is 0 Å². The van der Waals surface area contributed by atoms with Crippen molar-refractivity contribution in [2.45, 2.75) is 72.1 Å². The Hall–Kier alpha value is -3.82. The molecule has 1 saturated heterocycles. The van der Waals surface area contributed by atoms with Crippen LogP contribution in [0.4, 0.5) is 11.4 Å². The van der Waals surface area contributed by atoms with Gasteiger partial charge in [0, 0.05) is 66.9 Å². The van der Waals surface area contributed by atoms with Gasteiger partial charge in [-0.3, -0.25) is 4.90 Å². The normalized spacial score (nSPS) is 15.4. The Morgan fingerprint density at radius 1 is 0.679 bits per heavy atom. The summed E-state index contributed by atoms with van der Waals surface area (Å²) in [5, 5.41) is 1.45. The third-order valence-electron chi connectivity index (χ3n) is 10.9. The molecule has 2 heterocycles. The molecule has 4 aromatic carbocycles. The molecule has 0 bridgehead atoms. The number of hydrogen-bond donors (Lipinski definition) is 0. The Kier molecular flexibility index (Phi) is 15.7. The minimum atomic E-state index is -0.129. The zero-order valence-electron chi connectivity index (χ0n) is 33.8. The van der Waals surface area contributed by atoms with Gasteiger partial charge in [-0.25, -0.2) is 0 Å². The van der Waals surface area contributed by atoms with Crippen molar-refractivity contribution in [1.82, 2.24) is 9.80 Å². The van der Waals surface area contributed by atoms with E-state index in [9.17, 15) is 0 Å². The van der Waals surface area contributed by atoms with Crippen molar-refractivity contribution >= 4 is 34.6 Å². The number of unbranched alkanes of at least 4 members (excludes halogenated alkanes) is 1. The molecular weight excluding hydrogens is 743 g/mol. The molecule has 2 aliphatic heterocycles. The van der Waals surface area contributed by atoms with Crippen LogP contribution in [0.2, 0.25) is 10.0 Å². The van der Waals surface area contributed by atoms with Crippen LogP contribution >= 0.6 is 23.2 Å². The summed E-state index contributed by atoms with van der Waals surface area (Å²) in [5.74, 6) is 3.25. The van der Waals surface area contributed by atoms with E-state index in [-0.39, 0.29) is 6.17 Å². The van der Waals surface area contributed by atoms with Gasteiger partial charge in [-0.05, 0) is 99.4 Å². The fraction of sp³-hybridized carbons (Fsp3) is 0.478. The third kappa shape index (κ3) is 11.2. The molecule has 6 rings (SSSR count). The number of nitrogens with zero attached hydrogens (tertiary/aromatic N) is 4. The van der Waals surface area contributed by atoms with Gasteiger partial charge in [0.25, 0.3) is 0 Å². The topological polar surface area (TPSA) is 49.9 Å². The van der Waals surface area contributed by atoms with Gasteiger partial charge in [0.05, 0.1) is 18.9 Å². The molecule has 4 aromatic rings. The fourth-order valence-corrected chi connectivity index (χ4v) is 7.93. The summed E-state index contributed by atoms with van der Waals surface area (Å²) in [6.07, 6.45) is 6.23. The van der Waals surface area contributed by atoms with Gasteiger partial charge >= 0.3 is 0 Å². The number of anilines is 2. The van der Waals surface area contributed by atoms with E-state index < -0.39 is 0 Å². The maximum Gasteiger partial charge on any atom is 0.149 e. The van der Waals surface area contributed by atoms with E-state index in [1.807, 2.05) is 36.4 Å². The summed E-state index contributed by atoms with van der Waals surface area (Å²) < 4.78 is 26.3. The number of benzene rings is 4. The largest absolute Gasteiger partial charge is 0.493 e. The standard InChI is InChI=1S/C46H60Cl2N4O4/c1-5-8-26-52-42-31-40(54-30-27-51-23-9-10-24-51)33-44(56-34-36-14-18-38(48)19-15-36)45(42)49(4)46(52)41-21-20-39(53-29-22-35-12-16-37(47)17-13-35)32-43(41)55-28-11-25-50(6-2)7-3/h12-21,31-33,46H,5-11,22-30,34H2,1-4H3. The van der Waals surface area contributed by atoms with Crippen molar-refractivity contribution in [1.29, 1.82) is 0 Å². The van der Waals surface area contributed by atoms with Gasteiger partial charge in [-0.1, -0.05) is 74.7 Å². The number of fused-ring (bicyclic) bond motifs is 1. The van der Waals surface area contributed by atoms with Crippen molar-refractivity contribution < 1.29 is 18.9 Å². The van der Waals surface area contributed by atoms with Crippen LogP contribution in [0.5, 0.6) is 23.0 Å². The number of halogens is 2. The first kappa shape index (κ1) is 41.8. The Morgan fingerprint density at radius 3 is 2.05 bits per heavy atom. The van der Waals surface area contributed by atoms with E-state index in [4.69, 9.17) is 42.1 Å². The van der Waals surface area contributed by atoms with Crippen molar-refractivity contribution in [3.8, 4) is 23.0 Å². The average Bonchev–Trinajstić information content (AvgIpc) is 3.83. The zero-order chi connectivity index (χ0) is 39.3. The molecule has 0 aliphatic carbocycles. The fourth-order valence-electron chi connectivity index (χ4n) is 7.68. The summed E-state index contributed by atoms with van der Waals surface area (Å²) in [4.78, 5) is 9.76. The molecule has 0 N–H and O–H groups in total. The van der Waals surface area contributed by atoms with Crippen LogP contribution in [0, 0.1) is 0 Å². The summed E-state index contributed by atoms with van der Waals surface area (Å²) in [5.41, 5.74) is 5.47. The lowest BCUT2D eigenvalue weighted by atomic mass is 10.1. The minimum Gasteiger partial charge on any atom is -0.493 e. The van der Waals surface area contributed by atoms with Gasteiger partial charge in [-0.15, -0.1) is 0 Å². The molecule has 1 atom stereocenters. The van der Waals surface area contributed by atoms with Crippen LogP contribution in [0.3, 0.4) is 0 Å². The first-order chi connectivity index (χ1) is 27.4. The molecular formula is C46H60Cl2N4O4. The van der Waals surface area contributed by atoms with Gasteiger partial charge in [0.1, 0.15) is 48.1 Å². The smallest absolute Gasteiger partial charge is 0.149 e. The second-order valence-corrected chi connectivity index (χ2v) is 15.7. The predicted octanol–water partition coefficient (Wildman–Crippen LogP) is 10.5. The van der Waals surface area contributed by atoms with Gasteiger partial charge in [0.2, 0.25) is 0 Å². The highest BCUT2D eigenvalue weighted by atomic mass is 35.5. The summed E-state index contributed by atoms with van der Waals surface area (Å²) in [7, 11) is 2.17. The van der Waals surface area contributed by atoms with Crippen molar-refractivity contribution in [2.75, 3.05) is 82.5 Å². The van der Waals surface area contributed by atoms with Crippen molar-refractivity contribution in [3.63, 3.8) is 0 Å². The lowest BCUT2D eigenvalue weighted by Crippen LogP contribution is -2.34. The molecule has 1 unspecified atom stereocenters. The molecule has 10 heteroatoms. The van der Waals surface area contributed by atoms with Gasteiger partial charge in [-0.2, -0.15) is 0 Å². The highest BCUT2D eigenvalue weighted by Crippen LogP contribution is 2.54. The van der Waals surface area contributed by atoms with Crippen LogP contribution in [0.1, 0.15) is 75.7 Å². The maximum absolute atomic E-state index is 6.73. The monoisotopic (exact) mass is 802 g/mol. The SMILES string of the molecule is CCCCN1c2cc(OCCN3CCCC3)cc(OCc3ccc(Cl)cc3)c2N(C)C1c1ccc(OCCc2ccc(Cl)cc2)cc1OCCCN(CC)CC. The molecule has 1 fully saturated rings. The van der Waals surface area contributed by atoms with Crippen molar-refractivity contribution in [3.05, 3.63) is 106 Å². The van der Waals surface area contributed by atoms with E-state index in [2.05, 4.69) is 89.9 Å². The van der Waals surface area contributed by atoms with E-state index in [1.54, 1.807) is 0 Å². The molecule has 8 nitrogen and oxygen atoms in total. The van der Waals surface area contributed by atoms with E-state index in [0.717, 1.165) is 122 Å². The highest BCUT2D eigenvalue weighted by molar-refractivity contribution is 6.30. The molecule has 56 heavy (non-hydrogen) atoms. The predicted molar refractivity (Wildman–Crippen MR) is 232 cm³/mol. The number of likely N-dealkylation sites (tertiary alicyclic amines) is 1. The van der Waals surface area contributed by atoms with E-state index >= 15 is 0 Å². The second-order valence-electron chi connectivity index (χ2n) is 14.8. The number of ether oxygens (including phenoxy) is 4. The zero-order valence-corrected chi connectivity index (χ0v) is 35.3. The van der Waals surface area contributed by atoms with E-state index in [1.165, 1.54) is 18.4 Å². The van der Waals surface area contributed by atoms with Crippen LogP contribution in [0.15, 0.2) is 78.9 Å². The number of hydrogen-bond acceptors (Lipinski definition) is 8. The lowest BCUT2D eigenvalue weighted by molar-refractivity contribution is 0.236. The van der Waals surface area contributed by atoms with Crippen LogP contribution in [-0.2, 0) is 13.0 Å². The van der Waals surface area contributed by atoms with Crippen LogP contribution in [-0.4, -0.2) is 82.5 Å². The summed E-state index contributed by atoms with van der Waals surface area (Å²) >= 11 is 12.3. The highest BCUT2D eigenvalue weighted by Gasteiger charge is 2.39. The first-order valence-electron chi connectivity index (χ1n) is 20.6. The number of rotatable bonds is 22. The summed E-state index contributed by atoms with van der Waals surface area (Å²) in [6.45, 7) is 16.0. The minimum absolute atomic E-state index is 0.129. The Balaban J connectivity index is 1.31. The van der Waals surface area contributed by atoms with Gasteiger partial charge in [0.15, 0.2) is 0 Å². The molecule has 302 valence electrons. The molecule has 0 spiro atoms. The van der Waals surface area contributed by atoms with E-state index in [0.29, 0.717) is 31.5 Å². The summed E-state index contributed by atoms with van der Waals surface area (Å²) in [6, 6.07) is 26.4. The maximum atomic E-state index is 6.73. The Morgan fingerprint density at radius 2 is 1.36 bits per heavy atom. The molecule has 0 saturated carbocycles. The quantitative estimate of drug-likeness (QED) is 0.0729. The molecule has 0 radical (unpaired) electrons. The Labute approximate surface area is 345 Å².